The molecule has 0 aliphatic carbocycles. The first-order chi connectivity index (χ1) is 8.28. The van der Waals surface area contributed by atoms with E-state index in [-0.39, 0.29) is 0 Å². The Labute approximate surface area is 110 Å². The number of thiophene rings is 1. The summed E-state index contributed by atoms with van der Waals surface area (Å²) in [5.74, 6) is 0.853. The second kappa shape index (κ2) is 4.21. The van der Waals surface area contributed by atoms with E-state index in [1.807, 2.05) is 34.9 Å². The normalized spacial score (nSPS) is 11.2. The fraction of sp³-hybridized carbons (Fsp3) is 0.0909. The third-order valence-corrected chi connectivity index (χ3v) is 4.11. The highest BCUT2D eigenvalue weighted by Crippen LogP contribution is 2.30. The standard InChI is InChI=1S/C11H9BrN4S/c12-9-3-2-8(17-9)11-15-14-10-4-1-7(5-13)6-16(10)11/h1-4,6H,5,13H2. The summed E-state index contributed by atoms with van der Waals surface area (Å²) in [5, 5.41) is 8.36. The molecule has 0 fully saturated rings. The molecule has 0 unspecified atom stereocenters. The lowest BCUT2D eigenvalue weighted by Crippen LogP contribution is -1.98. The van der Waals surface area contributed by atoms with Crippen molar-refractivity contribution in [3.63, 3.8) is 0 Å². The van der Waals surface area contributed by atoms with Crippen LogP contribution < -0.4 is 5.73 Å². The summed E-state index contributed by atoms with van der Waals surface area (Å²) in [6.07, 6.45) is 1.98. The van der Waals surface area contributed by atoms with Crippen molar-refractivity contribution < 1.29 is 0 Å². The molecule has 0 saturated heterocycles. The highest BCUT2D eigenvalue weighted by molar-refractivity contribution is 9.11. The monoisotopic (exact) mass is 308 g/mol. The van der Waals surface area contributed by atoms with Gasteiger partial charge in [0.15, 0.2) is 11.5 Å². The Hall–Kier alpha value is -1.24. The molecule has 3 rings (SSSR count). The Morgan fingerprint density at radius 1 is 1.24 bits per heavy atom. The third kappa shape index (κ3) is 1.88. The third-order valence-electron chi connectivity index (χ3n) is 2.49. The molecule has 2 N–H and O–H groups in total. The van der Waals surface area contributed by atoms with Crippen LogP contribution in [0.1, 0.15) is 5.56 Å². The summed E-state index contributed by atoms with van der Waals surface area (Å²) in [7, 11) is 0. The maximum absolute atomic E-state index is 5.64. The molecule has 0 aliphatic rings. The molecule has 0 radical (unpaired) electrons. The summed E-state index contributed by atoms with van der Waals surface area (Å²) >= 11 is 5.09. The number of hydrogen-bond donors (Lipinski definition) is 1. The topological polar surface area (TPSA) is 56.2 Å². The number of halogens is 1. The highest BCUT2D eigenvalue weighted by Gasteiger charge is 2.10. The van der Waals surface area contributed by atoms with Crippen LogP contribution in [-0.2, 0) is 6.54 Å². The highest BCUT2D eigenvalue weighted by atomic mass is 79.9. The minimum absolute atomic E-state index is 0.516. The van der Waals surface area contributed by atoms with Gasteiger partial charge in [-0.1, -0.05) is 6.07 Å². The van der Waals surface area contributed by atoms with E-state index in [1.54, 1.807) is 11.3 Å². The largest absolute Gasteiger partial charge is 0.326 e. The van der Waals surface area contributed by atoms with Gasteiger partial charge in [-0.3, -0.25) is 4.40 Å². The molecule has 86 valence electrons. The van der Waals surface area contributed by atoms with Gasteiger partial charge in [0.1, 0.15) is 0 Å². The lowest BCUT2D eigenvalue weighted by Gasteiger charge is -2.00. The summed E-state index contributed by atoms with van der Waals surface area (Å²) < 4.78 is 3.06. The van der Waals surface area contributed by atoms with E-state index in [0.717, 1.165) is 25.7 Å². The van der Waals surface area contributed by atoms with Crippen molar-refractivity contribution in [2.75, 3.05) is 0 Å². The number of rotatable bonds is 2. The summed E-state index contributed by atoms with van der Waals surface area (Å²) in [6, 6.07) is 7.94. The van der Waals surface area contributed by atoms with Crippen molar-refractivity contribution in [2.45, 2.75) is 6.54 Å². The van der Waals surface area contributed by atoms with Gasteiger partial charge in [-0.2, -0.15) is 0 Å². The van der Waals surface area contributed by atoms with Gasteiger partial charge >= 0.3 is 0 Å². The Kier molecular flexibility index (Phi) is 2.70. The van der Waals surface area contributed by atoms with Crippen LogP contribution in [0.2, 0.25) is 0 Å². The van der Waals surface area contributed by atoms with Crippen LogP contribution in [0.5, 0.6) is 0 Å². The van der Waals surface area contributed by atoms with Crippen LogP contribution in [-0.4, -0.2) is 14.6 Å². The zero-order valence-electron chi connectivity index (χ0n) is 8.80. The fourth-order valence-corrected chi connectivity index (χ4v) is 3.03. The molecular weight excluding hydrogens is 300 g/mol. The van der Waals surface area contributed by atoms with Crippen LogP contribution in [0, 0.1) is 0 Å². The van der Waals surface area contributed by atoms with Crippen LogP contribution in [0.4, 0.5) is 0 Å². The molecule has 0 aliphatic heterocycles. The van der Waals surface area contributed by atoms with E-state index < -0.39 is 0 Å². The SMILES string of the molecule is NCc1ccc2nnc(-c3ccc(Br)s3)n2c1. The maximum Gasteiger partial charge on any atom is 0.178 e. The predicted octanol–water partition coefficient (Wildman–Crippen LogP) is 2.68. The lowest BCUT2D eigenvalue weighted by molar-refractivity contribution is 1.03. The van der Waals surface area contributed by atoms with Gasteiger partial charge in [0, 0.05) is 12.7 Å². The van der Waals surface area contributed by atoms with E-state index in [0.29, 0.717) is 6.54 Å². The number of aromatic nitrogens is 3. The van der Waals surface area contributed by atoms with Crippen molar-refractivity contribution in [1.82, 2.24) is 14.6 Å². The van der Waals surface area contributed by atoms with E-state index in [1.165, 1.54) is 0 Å². The van der Waals surface area contributed by atoms with Gasteiger partial charge in [-0.25, -0.2) is 0 Å². The van der Waals surface area contributed by atoms with Crippen molar-refractivity contribution in [2.24, 2.45) is 5.73 Å². The molecule has 17 heavy (non-hydrogen) atoms. The molecule has 4 nitrogen and oxygen atoms in total. The van der Waals surface area contributed by atoms with Gasteiger partial charge in [0.2, 0.25) is 0 Å². The van der Waals surface area contributed by atoms with Gasteiger partial charge < -0.3 is 5.73 Å². The lowest BCUT2D eigenvalue weighted by atomic mass is 10.3. The number of nitrogens with two attached hydrogens (primary N) is 1. The van der Waals surface area contributed by atoms with E-state index >= 15 is 0 Å². The van der Waals surface area contributed by atoms with Gasteiger partial charge in [0.25, 0.3) is 0 Å². The Bertz CT molecular complexity index is 673. The number of fused-ring (bicyclic) bond motifs is 1. The smallest absolute Gasteiger partial charge is 0.178 e. The molecule has 3 heterocycles. The Balaban J connectivity index is 2.22. The quantitative estimate of drug-likeness (QED) is 0.792. The zero-order chi connectivity index (χ0) is 11.8. The van der Waals surface area contributed by atoms with Crippen molar-refractivity contribution in [3.8, 4) is 10.7 Å². The second-order valence-electron chi connectivity index (χ2n) is 3.60. The van der Waals surface area contributed by atoms with Crippen molar-refractivity contribution in [3.05, 3.63) is 39.8 Å². The minimum Gasteiger partial charge on any atom is -0.326 e. The first kappa shape index (κ1) is 10.9. The fourth-order valence-electron chi connectivity index (χ4n) is 1.66. The molecule has 0 saturated carbocycles. The molecule has 3 aromatic heterocycles. The van der Waals surface area contributed by atoms with E-state index in [2.05, 4.69) is 26.1 Å². The molecule has 3 aromatic rings. The molecule has 0 bridgehead atoms. The average Bonchev–Trinajstić information content (AvgIpc) is 2.93. The molecule has 0 aromatic carbocycles. The molecular formula is C11H9BrN4S. The zero-order valence-corrected chi connectivity index (χ0v) is 11.2. The summed E-state index contributed by atoms with van der Waals surface area (Å²) in [6.45, 7) is 0.516. The van der Waals surface area contributed by atoms with Gasteiger partial charge in [0.05, 0.1) is 8.66 Å². The van der Waals surface area contributed by atoms with E-state index in [4.69, 9.17) is 5.73 Å². The van der Waals surface area contributed by atoms with Crippen molar-refractivity contribution in [1.29, 1.82) is 0 Å². The molecule has 0 spiro atoms. The number of nitrogens with zero attached hydrogens (tertiary/aromatic N) is 3. The molecule has 6 heteroatoms. The first-order valence-electron chi connectivity index (χ1n) is 5.07. The maximum atomic E-state index is 5.64. The molecule has 0 atom stereocenters. The predicted molar refractivity (Wildman–Crippen MR) is 71.9 cm³/mol. The Morgan fingerprint density at radius 2 is 2.12 bits per heavy atom. The Morgan fingerprint density at radius 3 is 2.82 bits per heavy atom. The number of pyridine rings is 1. The van der Waals surface area contributed by atoms with Gasteiger partial charge in [-0.15, -0.1) is 21.5 Å². The average molecular weight is 309 g/mol. The summed E-state index contributed by atoms with van der Waals surface area (Å²) in [4.78, 5) is 1.08. The van der Waals surface area contributed by atoms with E-state index in [9.17, 15) is 0 Å². The summed E-state index contributed by atoms with van der Waals surface area (Å²) in [5.41, 5.74) is 7.54. The van der Waals surface area contributed by atoms with Crippen LogP contribution in [0.25, 0.3) is 16.3 Å². The minimum atomic E-state index is 0.516. The van der Waals surface area contributed by atoms with Gasteiger partial charge in [-0.05, 0) is 39.7 Å². The van der Waals surface area contributed by atoms with Crippen molar-refractivity contribution >= 4 is 32.9 Å². The van der Waals surface area contributed by atoms with Crippen LogP contribution in [0.15, 0.2) is 34.2 Å². The molecule has 0 amide bonds. The second-order valence-corrected chi connectivity index (χ2v) is 6.06. The number of hydrogen-bond acceptors (Lipinski definition) is 4. The van der Waals surface area contributed by atoms with Crippen LogP contribution >= 0.6 is 27.3 Å². The van der Waals surface area contributed by atoms with Crippen LogP contribution in [0.3, 0.4) is 0 Å². The first-order valence-corrected chi connectivity index (χ1v) is 6.68.